The van der Waals surface area contributed by atoms with E-state index in [-0.39, 0.29) is 12.5 Å². The van der Waals surface area contributed by atoms with Crippen molar-refractivity contribution in [3.05, 3.63) is 12.7 Å². The first kappa shape index (κ1) is 12.5. The molecule has 0 radical (unpaired) electrons. The van der Waals surface area contributed by atoms with Crippen LogP contribution >= 0.6 is 0 Å². The Hall–Kier alpha value is -1.92. The van der Waals surface area contributed by atoms with Crippen molar-refractivity contribution in [3.8, 4) is 0 Å². The van der Waals surface area contributed by atoms with Crippen molar-refractivity contribution in [2.45, 2.75) is 25.8 Å². The fourth-order valence-corrected chi connectivity index (χ4v) is 2.13. The number of likely N-dealkylation sites (tertiary alicyclic amines) is 1. The molecule has 2 heterocycles. The predicted octanol–water partition coefficient (Wildman–Crippen LogP) is -0.0537. The molecule has 1 saturated heterocycles. The first-order valence-electron chi connectivity index (χ1n) is 5.80. The van der Waals surface area contributed by atoms with Crippen LogP contribution in [0.15, 0.2) is 12.7 Å². The van der Waals surface area contributed by atoms with E-state index in [1.54, 1.807) is 18.7 Å². The lowest BCUT2D eigenvalue weighted by Crippen LogP contribution is -2.46. The number of aliphatic carboxylic acids is 1. The van der Waals surface area contributed by atoms with Gasteiger partial charge in [-0.05, 0) is 20.3 Å². The zero-order valence-electron chi connectivity index (χ0n) is 10.4. The van der Waals surface area contributed by atoms with Crippen molar-refractivity contribution < 1.29 is 14.7 Å². The number of nitrogens with zero attached hydrogens (tertiary/aromatic N) is 4. The highest BCUT2D eigenvalue weighted by atomic mass is 16.4. The Morgan fingerprint density at radius 3 is 2.67 bits per heavy atom. The van der Waals surface area contributed by atoms with E-state index in [4.69, 9.17) is 5.11 Å². The SMILES string of the molecule is CC(C)(C(=O)N1CC[C@H](C(=O)O)C1)n1cncn1. The normalized spacial score (nSPS) is 20.1. The molecule has 2 rings (SSSR count). The molecule has 0 aromatic carbocycles. The Bertz CT molecular complexity index is 455. The maximum absolute atomic E-state index is 12.4. The van der Waals surface area contributed by atoms with Gasteiger partial charge in [-0.25, -0.2) is 9.67 Å². The van der Waals surface area contributed by atoms with E-state index in [0.717, 1.165) is 0 Å². The quantitative estimate of drug-likeness (QED) is 0.814. The average molecular weight is 252 g/mol. The Morgan fingerprint density at radius 2 is 2.17 bits per heavy atom. The number of hydrogen-bond donors (Lipinski definition) is 1. The van der Waals surface area contributed by atoms with E-state index >= 15 is 0 Å². The number of rotatable bonds is 3. The number of carboxylic acids is 1. The molecular weight excluding hydrogens is 236 g/mol. The molecule has 1 fully saturated rings. The number of carbonyl (C=O) groups is 2. The lowest BCUT2D eigenvalue weighted by atomic mass is 10.0. The van der Waals surface area contributed by atoms with Gasteiger partial charge in [0.2, 0.25) is 5.91 Å². The number of carboxylic acid groups (broad SMARTS) is 1. The molecule has 0 bridgehead atoms. The van der Waals surface area contributed by atoms with Gasteiger partial charge in [0, 0.05) is 13.1 Å². The summed E-state index contributed by atoms with van der Waals surface area (Å²) in [5.74, 6) is -1.43. The van der Waals surface area contributed by atoms with E-state index in [9.17, 15) is 9.59 Å². The van der Waals surface area contributed by atoms with Crippen LogP contribution in [0.1, 0.15) is 20.3 Å². The third kappa shape index (κ3) is 2.07. The van der Waals surface area contributed by atoms with Gasteiger partial charge in [-0.2, -0.15) is 5.10 Å². The molecule has 0 saturated carbocycles. The van der Waals surface area contributed by atoms with Crippen LogP contribution in [0.25, 0.3) is 0 Å². The summed E-state index contributed by atoms with van der Waals surface area (Å²) in [6.45, 7) is 4.25. The summed E-state index contributed by atoms with van der Waals surface area (Å²) in [6.07, 6.45) is 3.37. The fourth-order valence-electron chi connectivity index (χ4n) is 2.13. The molecule has 1 amide bonds. The van der Waals surface area contributed by atoms with Gasteiger partial charge in [-0.3, -0.25) is 9.59 Å². The number of carbonyl (C=O) groups excluding carboxylic acids is 1. The molecule has 1 atom stereocenters. The van der Waals surface area contributed by atoms with E-state index in [2.05, 4.69) is 10.1 Å². The highest BCUT2D eigenvalue weighted by Crippen LogP contribution is 2.23. The van der Waals surface area contributed by atoms with Crippen molar-refractivity contribution >= 4 is 11.9 Å². The van der Waals surface area contributed by atoms with Crippen molar-refractivity contribution in [1.29, 1.82) is 0 Å². The van der Waals surface area contributed by atoms with Crippen LogP contribution in [0.5, 0.6) is 0 Å². The summed E-state index contributed by atoms with van der Waals surface area (Å²) in [6, 6.07) is 0. The Kier molecular flexibility index (Phi) is 3.06. The summed E-state index contributed by atoms with van der Waals surface area (Å²) in [5, 5.41) is 12.9. The van der Waals surface area contributed by atoms with E-state index in [1.807, 2.05) is 0 Å². The maximum Gasteiger partial charge on any atom is 0.308 e. The van der Waals surface area contributed by atoms with Crippen molar-refractivity contribution in [2.24, 2.45) is 5.92 Å². The average Bonchev–Trinajstić information content (AvgIpc) is 2.99. The second-order valence-electron chi connectivity index (χ2n) is 4.97. The second kappa shape index (κ2) is 4.40. The first-order valence-corrected chi connectivity index (χ1v) is 5.80. The molecular formula is C11H16N4O3. The molecule has 18 heavy (non-hydrogen) atoms. The predicted molar refractivity (Wildman–Crippen MR) is 61.7 cm³/mol. The molecule has 98 valence electrons. The third-order valence-corrected chi connectivity index (χ3v) is 3.34. The summed E-state index contributed by atoms with van der Waals surface area (Å²) < 4.78 is 1.49. The number of hydrogen-bond acceptors (Lipinski definition) is 4. The Labute approximate surface area is 104 Å². The zero-order chi connectivity index (χ0) is 13.3. The van der Waals surface area contributed by atoms with Crippen LogP contribution in [0.2, 0.25) is 0 Å². The largest absolute Gasteiger partial charge is 0.481 e. The lowest BCUT2D eigenvalue weighted by molar-refractivity contribution is -0.142. The van der Waals surface area contributed by atoms with E-state index < -0.39 is 17.4 Å². The smallest absolute Gasteiger partial charge is 0.308 e. The third-order valence-electron chi connectivity index (χ3n) is 3.34. The molecule has 1 aromatic heterocycles. The van der Waals surface area contributed by atoms with Gasteiger partial charge < -0.3 is 10.0 Å². The molecule has 7 heteroatoms. The molecule has 0 unspecified atom stereocenters. The summed E-state index contributed by atoms with van der Waals surface area (Å²) in [4.78, 5) is 28.7. The van der Waals surface area contributed by atoms with Gasteiger partial charge in [0.25, 0.3) is 0 Å². The molecule has 0 aliphatic carbocycles. The van der Waals surface area contributed by atoms with Crippen molar-refractivity contribution in [2.75, 3.05) is 13.1 Å². The highest BCUT2D eigenvalue weighted by molar-refractivity contribution is 5.84. The summed E-state index contributed by atoms with van der Waals surface area (Å²) in [7, 11) is 0. The molecule has 7 nitrogen and oxygen atoms in total. The minimum atomic E-state index is -0.844. The zero-order valence-corrected chi connectivity index (χ0v) is 10.4. The summed E-state index contributed by atoms with van der Waals surface area (Å²) >= 11 is 0. The molecule has 1 N–H and O–H groups in total. The van der Waals surface area contributed by atoms with Gasteiger partial charge in [0.1, 0.15) is 18.2 Å². The topological polar surface area (TPSA) is 88.3 Å². The van der Waals surface area contributed by atoms with Crippen LogP contribution < -0.4 is 0 Å². The minimum absolute atomic E-state index is 0.128. The number of aromatic nitrogens is 3. The van der Waals surface area contributed by atoms with Crippen molar-refractivity contribution in [3.63, 3.8) is 0 Å². The van der Waals surface area contributed by atoms with Crippen LogP contribution in [-0.4, -0.2) is 49.7 Å². The maximum atomic E-state index is 12.4. The van der Waals surface area contributed by atoms with E-state index in [1.165, 1.54) is 17.3 Å². The second-order valence-corrected chi connectivity index (χ2v) is 4.97. The lowest BCUT2D eigenvalue weighted by Gasteiger charge is -2.29. The Morgan fingerprint density at radius 1 is 1.44 bits per heavy atom. The van der Waals surface area contributed by atoms with E-state index in [0.29, 0.717) is 13.0 Å². The van der Waals surface area contributed by atoms with Gasteiger partial charge >= 0.3 is 5.97 Å². The van der Waals surface area contributed by atoms with Gasteiger partial charge in [0.05, 0.1) is 5.92 Å². The highest BCUT2D eigenvalue weighted by Gasteiger charge is 2.39. The molecule has 0 spiro atoms. The standard InChI is InChI=1S/C11H16N4O3/c1-11(2,15-7-12-6-13-15)10(18)14-4-3-8(5-14)9(16)17/h6-8H,3-5H2,1-2H3,(H,16,17)/t8-/m0/s1. The van der Waals surface area contributed by atoms with Gasteiger partial charge in [-0.15, -0.1) is 0 Å². The fraction of sp³-hybridized carbons (Fsp3) is 0.636. The Balaban J connectivity index is 2.11. The van der Waals surface area contributed by atoms with Crippen LogP contribution in [-0.2, 0) is 15.1 Å². The molecule has 1 aliphatic heterocycles. The first-order chi connectivity index (χ1) is 8.43. The van der Waals surface area contributed by atoms with Gasteiger partial charge in [-0.1, -0.05) is 0 Å². The van der Waals surface area contributed by atoms with Crippen LogP contribution in [0.3, 0.4) is 0 Å². The minimum Gasteiger partial charge on any atom is -0.481 e. The summed E-state index contributed by atoms with van der Waals surface area (Å²) in [5.41, 5.74) is -0.843. The van der Waals surface area contributed by atoms with Crippen molar-refractivity contribution in [1.82, 2.24) is 19.7 Å². The van der Waals surface area contributed by atoms with Crippen LogP contribution in [0, 0.1) is 5.92 Å². The van der Waals surface area contributed by atoms with Gasteiger partial charge in [0.15, 0.2) is 0 Å². The molecule has 1 aromatic rings. The number of amides is 1. The monoisotopic (exact) mass is 252 g/mol. The molecule has 1 aliphatic rings. The van der Waals surface area contributed by atoms with Crippen LogP contribution in [0.4, 0.5) is 0 Å².